The molecular formula is C5H12N4O3. The van der Waals surface area contributed by atoms with Crippen LogP contribution in [0.2, 0.25) is 0 Å². The summed E-state index contributed by atoms with van der Waals surface area (Å²) in [6.07, 6.45) is 0.444. The van der Waals surface area contributed by atoms with Gasteiger partial charge in [0.2, 0.25) is 5.91 Å². The Balaban J connectivity index is 0. The lowest BCUT2D eigenvalue weighted by Crippen LogP contribution is -2.40. The molecule has 0 radical (unpaired) electrons. The predicted octanol–water partition coefficient (Wildman–Crippen LogP) is -2.66. The number of amides is 3. The molecule has 0 heterocycles. The molecule has 12 heavy (non-hydrogen) atoms. The zero-order valence-corrected chi connectivity index (χ0v) is 6.66. The molecule has 0 saturated heterocycles. The Kier molecular flexibility index (Phi) is 8.10. The number of hydrogen-bond acceptors (Lipinski definition) is 4. The summed E-state index contributed by atoms with van der Waals surface area (Å²) in [5, 5.41) is 0. The molecule has 7 N–H and O–H groups in total. The zero-order chi connectivity index (χ0) is 10.1. The van der Waals surface area contributed by atoms with Crippen molar-refractivity contribution in [2.75, 3.05) is 0 Å². The Morgan fingerprint density at radius 2 is 1.58 bits per heavy atom. The monoisotopic (exact) mass is 176 g/mol. The maximum absolute atomic E-state index is 9.80. The lowest BCUT2D eigenvalue weighted by Gasteiger charge is -1.86. The van der Waals surface area contributed by atoms with E-state index in [1.165, 1.54) is 0 Å². The minimum absolute atomic E-state index is 0.245. The fourth-order valence-electron chi connectivity index (χ4n) is 0.0711. The highest BCUT2D eigenvalue weighted by Crippen LogP contribution is 1.63. The van der Waals surface area contributed by atoms with Crippen LogP contribution in [-0.2, 0) is 14.4 Å². The molecule has 0 aromatic rings. The van der Waals surface area contributed by atoms with E-state index in [0.29, 0.717) is 6.42 Å². The summed E-state index contributed by atoms with van der Waals surface area (Å²) in [5.74, 6) is 2.16. The van der Waals surface area contributed by atoms with Gasteiger partial charge in [-0.15, -0.1) is 0 Å². The van der Waals surface area contributed by atoms with Gasteiger partial charge in [-0.05, 0) is 0 Å². The fourth-order valence-corrected chi connectivity index (χ4v) is 0.0711. The van der Waals surface area contributed by atoms with Crippen LogP contribution < -0.4 is 22.7 Å². The van der Waals surface area contributed by atoms with Gasteiger partial charge >= 0.3 is 11.8 Å². The minimum Gasteiger partial charge on any atom is -0.370 e. The SMILES string of the molecule is CCC(N)=O.NNC(=O)C(N)=O. The van der Waals surface area contributed by atoms with Crippen molar-refractivity contribution in [3.8, 4) is 0 Å². The number of hydrogen-bond donors (Lipinski definition) is 4. The van der Waals surface area contributed by atoms with Crippen molar-refractivity contribution < 1.29 is 14.4 Å². The molecule has 0 aromatic carbocycles. The Morgan fingerprint density at radius 3 is 1.58 bits per heavy atom. The Labute approximate surface area is 69.2 Å². The van der Waals surface area contributed by atoms with E-state index in [1.807, 2.05) is 0 Å². The molecule has 0 aliphatic rings. The van der Waals surface area contributed by atoms with Crippen molar-refractivity contribution in [1.29, 1.82) is 0 Å². The number of nitrogens with two attached hydrogens (primary N) is 3. The summed E-state index contributed by atoms with van der Waals surface area (Å²) in [5.41, 5.74) is 10.6. The van der Waals surface area contributed by atoms with Crippen LogP contribution in [0.3, 0.4) is 0 Å². The van der Waals surface area contributed by atoms with Gasteiger partial charge in [-0.25, -0.2) is 5.84 Å². The average Bonchev–Trinajstić information content (AvgIpc) is 2.04. The predicted molar refractivity (Wildman–Crippen MR) is 41.0 cm³/mol. The summed E-state index contributed by atoms with van der Waals surface area (Å²) in [7, 11) is 0. The molecule has 3 amide bonds. The maximum Gasteiger partial charge on any atom is 0.322 e. The first kappa shape index (κ1) is 13.0. The highest BCUT2D eigenvalue weighted by molar-refractivity contribution is 6.34. The maximum atomic E-state index is 9.80. The second-order valence-electron chi connectivity index (χ2n) is 1.66. The largest absolute Gasteiger partial charge is 0.370 e. The minimum atomic E-state index is -1.08. The summed E-state index contributed by atoms with van der Waals surface area (Å²) in [4.78, 5) is 29.1. The third-order valence-electron chi connectivity index (χ3n) is 0.703. The second-order valence-corrected chi connectivity index (χ2v) is 1.66. The highest BCUT2D eigenvalue weighted by atomic mass is 16.2. The highest BCUT2D eigenvalue weighted by Gasteiger charge is 2.02. The average molecular weight is 176 g/mol. The van der Waals surface area contributed by atoms with E-state index in [0.717, 1.165) is 0 Å². The molecule has 0 aliphatic carbocycles. The standard InChI is InChI=1S/C3H7NO.C2H5N3O2/c1-2-3(4)5;3-1(6)2(7)5-4/h2H2,1H3,(H2,4,5);4H2,(H2,3,6)(H,5,7). The van der Waals surface area contributed by atoms with Gasteiger partial charge in [0.1, 0.15) is 0 Å². The van der Waals surface area contributed by atoms with Crippen LogP contribution in [0.25, 0.3) is 0 Å². The van der Waals surface area contributed by atoms with E-state index < -0.39 is 11.8 Å². The van der Waals surface area contributed by atoms with Crippen molar-refractivity contribution in [2.45, 2.75) is 13.3 Å². The van der Waals surface area contributed by atoms with Crippen LogP contribution in [0, 0.1) is 0 Å². The number of rotatable bonds is 1. The van der Waals surface area contributed by atoms with Crippen LogP contribution in [0.15, 0.2) is 0 Å². The smallest absolute Gasteiger partial charge is 0.322 e. The van der Waals surface area contributed by atoms with E-state index in [-0.39, 0.29) is 5.91 Å². The van der Waals surface area contributed by atoms with Crippen LogP contribution >= 0.6 is 0 Å². The molecule has 0 fully saturated rings. The molecule has 0 saturated carbocycles. The quantitative estimate of drug-likeness (QED) is 0.150. The number of carbonyl (C=O) groups excluding carboxylic acids is 3. The molecule has 0 atom stereocenters. The van der Waals surface area contributed by atoms with Crippen molar-refractivity contribution in [3.63, 3.8) is 0 Å². The molecule has 0 bridgehead atoms. The van der Waals surface area contributed by atoms with Crippen LogP contribution in [0.5, 0.6) is 0 Å². The first-order valence-electron chi connectivity index (χ1n) is 3.04. The summed E-state index contributed by atoms with van der Waals surface area (Å²) < 4.78 is 0. The molecular weight excluding hydrogens is 164 g/mol. The van der Waals surface area contributed by atoms with Crippen molar-refractivity contribution in [3.05, 3.63) is 0 Å². The molecule has 0 aromatic heterocycles. The van der Waals surface area contributed by atoms with Crippen molar-refractivity contribution >= 4 is 17.7 Å². The molecule has 0 spiro atoms. The van der Waals surface area contributed by atoms with E-state index in [4.69, 9.17) is 0 Å². The van der Waals surface area contributed by atoms with Gasteiger partial charge < -0.3 is 11.5 Å². The zero-order valence-electron chi connectivity index (χ0n) is 6.66. The van der Waals surface area contributed by atoms with Crippen molar-refractivity contribution in [2.24, 2.45) is 17.3 Å². The van der Waals surface area contributed by atoms with Gasteiger partial charge in [0.05, 0.1) is 0 Å². The van der Waals surface area contributed by atoms with Gasteiger partial charge in [-0.1, -0.05) is 6.92 Å². The van der Waals surface area contributed by atoms with Crippen LogP contribution in [0.1, 0.15) is 13.3 Å². The molecule has 0 aliphatic heterocycles. The van der Waals surface area contributed by atoms with Gasteiger partial charge in [-0.3, -0.25) is 19.8 Å². The van der Waals surface area contributed by atoms with Gasteiger partial charge in [0.15, 0.2) is 0 Å². The molecule has 7 heteroatoms. The summed E-state index contributed by atoms with van der Waals surface area (Å²) in [6, 6.07) is 0. The van der Waals surface area contributed by atoms with Gasteiger partial charge in [-0.2, -0.15) is 0 Å². The van der Waals surface area contributed by atoms with E-state index in [9.17, 15) is 14.4 Å². The lowest BCUT2D eigenvalue weighted by atomic mass is 10.5. The van der Waals surface area contributed by atoms with Crippen molar-refractivity contribution in [1.82, 2.24) is 5.43 Å². The number of primary amides is 2. The summed E-state index contributed by atoms with van der Waals surface area (Å²) >= 11 is 0. The molecule has 7 nitrogen and oxygen atoms in total. The Bertz CT molecular complexity index is 180. The topological polar surface area (TPSA) is 141 Å². The Morgan fingerprint density at radius 1 is 1.25 bits per heavy atom. The van der Waals surface area contributed by atoms with Gasteiger partial charge in [0, 0.05) is 6.42 Å². The number of carbonyl (C=O) groups is 3. The third-order valence-corrected chi connectivity index (χ3v) is 0.703. The second kappa shape index (κ2) is 7.48. The molecule has 70 valence electrons. The first-order chi connectivity index (χ1) is 5.45. The first-order valence-corrected chi connectivity index (χ1v) is 3.04. The van der Waals surface area contributed by atoms with Crippen LogP contribution in [-0.4, -0.2) is 17.7 Å². The van der Waals surface area contributed by atoms with E-state index in [1.54, 1.807) is 12.3 Å². The van der Waals surface area contributed by atoms with E-state index >= 15 is 0 Å². The number of hydrazine groups is 1. The molecule has 0 unspecified atom stereocenters. The lowest BCUT2D eigenvalue weighted by molar-refractivity contribution is -0.137. The number of nitrogens with one attached hydrogen (secondary N) is 1. The summed E-state index contributed by atoms with van der Waals surface area (Å²) in [6.45, 7) is 1.72. The normalized spacial score (nSPS) is 7.50. The van der Waals surface area contributed by atoms with E-state index in [2.05, 4.69) is 17.3 Å². The van der Waals surface area contributed by atoms with Gasteiger partial charge in [0.25, 0.3) is 0 Å². The Hall–Kier alpha value is -1.63. The fraction of sp³-hybridized carbons (Fsp3) is 0.400. The molecule has 0 rings (SSSR count). The third kappa shape index (κ3) is 11.2. The van der Waals surface area contributed by atoms with Crippen LogP contribution in [0.4, 0.5) is 0 Å².